The molecule has 0 saturated carbocycles. The Balaban J connectivity index is 1.41. The Morgan fingerprint density at radius 1 is 1.12 bits per heavy atom. The second-order valence-corrected chi connectivity index (χ2v) is 9.48. The van der Waals surface area contributed by atoms with Crippen molar-refractivity contribution in [2.75, 3.05) is 44.2 Å². The van der Waals surface area contributed by atoms with E-state index in [-0.39, 0.29) is 23.2 Å². The number of anilines is 1. The maximum atomic E-state index is 14.2. The average molecular weight is 446 g/mol. The number of carbonyl (C=O) groups is 2. The summed E-state index contributed by atoms with van der Waals surface area (Å²) in [4.78, 5) is 31.1. The maximum absolute atomic E-state index is 14.2. The number of nitrogens with zero attached hydrogens (tertiary/aromatic N) is 3. The van der Waals surface area contributed by atoms with Gasteiger partial charge in [-0.15, -0.1) is 0 Å². The minimum absolute atomic E-state index is 0.151. The van der Waals surface area contributed by atoms with E-state index in [0.29, 0.717) is 25.6 Å². The van der Waals surface area contributed by atoms with Crippen LogP contribution in [0.25, 0.3) is 0 Å². The molecule has 1 spiro atoms. The van der Waals surface area contributed by atoms with Crippen LogP contribution in [0.1, 0.15) is 64.4 Å². The van der Waals surface area contributed by atoms with Crippen LogP contribution < -0.4 is 4.90 Å². The molecule has 0 radical (unpaired) electrons. The van der Waals surface area contributed by atoms with Crippen molar-refractivity contribution in [2.24, 2.45) is 0 Å². The molecule has 0 atom stereocenters. The highest BCUT2D eigenvalue weighted by Crippen LogP contribution is 2.48. The molecule has 32 heavy (non-hydrogen) atoms. The van der Waals surface area contributed by atoms with Crippen LogP contribution in [0, 0.1) is 5.82 Å². The highest BCUT2D eigenvalue weighted by molar-refractivity contribution is 5.96. The number of carbonyl (C=O) groups excluding carboxylic acids is 2. The lowest BCUT2D eigenvalue weighted by Crippen LogP contribution is -2.52. The number of piperidine rings is 2. The predicted molar refractivity (Wildman–Crippen MR) is 122 cm³/mol. The quantitative estimate of drug-likeness (QED) is 0.678. The molecule has 2 saturated heterocycles. The van der Waals surface area contributed by atoms with E-state index in [0.717, 1.165) is 76.0 Å². The summed E-state index contributed by atoms with van der Waals surface area (Å²) in [6.45, 7) is 8.36. The molecule has 2 amide bonds. The van der Waals surface area contributed by atoms with Gasteiger partial charge in [-0.2, -0.15) is 0 Å². The van der Waals surface area contributed by atoms with E-state index < -0.39 is 0 Å². The number of ether oxygens (including phenoxy) is 1. The van der Waals surface area contributed by atoms with Crippen LogP contribution in [0.2, 0.25) is 0 Å². The van der Waals surface area contributed by atoms with Gasteiger partial charge in [-0.25, -0.2) is 9.18 Å². The zero-order valence-electron chi connectivity index (χ0n) is 19.4. The Morgan fingerprint density at radius 2 is 1.84 bits per heavy atom. The highest BCUT2D eigenvalue weighted by Gasteiger charge is 2.47. The lowest BCUT2D eigenvalue weighted by molar-refractivity contribution is -0.118. The van der Waals surface area contributed by atoms with Gasteiger partial charge in [0.15, 0.2) is 0 Å². The molecular formula is C25H36FN3O3. The van der Waals surface area contributed by atoms with Crippen LogP contribution >= 0.6 is 0 Å². The molecule has 1 aromatic carbocycles. The molecule has 2 fully saturated rings. The number of fused-ring (bicyclic) bond motifs is 2. The number of hydrogen-bond donors (Lipinski definition) is 0. The van der Waals surface area contributed by atoms with Crippen molar-refractivity contribution in [3.8, 4) is 0 Å². The average Bonchev–Trinajstić information content (AvgIpc) is 3.11. The van der Waals surface area contributed by atoms with E-state index in [4.69, 9.17) is 4.74 Å². The van der Waals surface area contributed by atoms with Gasteiger partial charge in [0.05, 0.1) is 6.61 Å². The van der Waals surface area contributed by atoms with Crippen LogP contribution in [0.4, 0.5) is 14.9 Å². The van der Waals surface area contributed by atoms with Gasteiger partial charge < -0.3 is 19.4 Å². The van der Waals surface area contributed by atoms with E-state index in [9.17, 15) is 14.0 Å². The zero-order chi connectivity index (χ0) is 22.7. The number of hydrogen-bond acceptors (Lipinski definition) is 4. The molecule has 1 aromatic rings. The Labute approximate surface area is 190 Å². The fourth-order valence-corrected chi connectivity index (χ4v) is 5.70. The van der Waals surface area contributed by atoms with Gasteiger partial charge in [0.1, 0.15) is 5.82 Å². The van der Waals surface area contributed by atoms with Crippen LogP contribution in [0.3, 0.4) is 0 Å². The summed E-state index contributed by atoms with van der Waals surface area (Å²) in [7, 11) is 0. The molecule has 4 rings (SSSR count). The number of amides is 2. The molecule has 7 heteroatoms. The van der Waals surface area contributed by atoms with Gasteiger partial charge in [0.25, 0.3) is 0 Å². The largest absolute Gasteiger partial charge is 0.450 e. The van der Waals surface area contributed by atoms with Crippen LogP contribution in [-0.2, 0) is 14.9 Å². The number of benzene rings is 1. The van der Waals surface area contributed by atoms with Crippen molar-refractivity contribution in [1.29, 1.82) is 0 Å². The SMILES string of the molecule is CCCCC(=O)N1CC2(CCN(C3CCN(C(=O)OCC)CC3)CC2)c2cc(F)ccc21. The maximum Gasteiger partial charge on any atom is 0.409 e. The molecule has 0 aliphatic carbocycles. The summed E-state index contributed by atoms with van der Waals surface area (Å²) in [6, 6.07) is 5.40. The lowest BCUT2D eigenvalue weighted by Gasteiger charge is -2.45. The minimum Gasteiger partial charge on any atom is -0.450 e. The molecule has 3 heterocycles. The Hall–Kier alpha value is -2.15. The summed E-state index contributed by atoms with van der Waals surface area (Å²) in [5.41, 5.74) is 1.77. The zero-order valence-corrected chi connectivity index (χ0v) is 19.4. The van der Waals surface area contributed by atoms with E-state index in [1.165, 1.54) is 6.07 Å². The Kier molecular flexibility index (Phi) is 7.03. The summed E-state index contributed by atoms with van der Waals surface area (Å²) >= 11 is 0. The third kappa shape index (κ3) is 4.49. The lowest BCUT2D eigenvalue weighted by atomic mass is 9.74. The van der Waals surface area contributed by atoms with E-state index in [1.807, 2.05) is 11.8 Å². The van der Waals surface area contributed by atoms with E-state index in [1.54, 1.807) is 17.0 Å². The smallest absolute Gasteiger partial charge is 0.409 e. The Morgan fingerprint density at radius 3 is 2.50 bits per heavy atom. The van der Waals surface area contributed by atoms with Crippen molar-refractivity contribution in [2.45, 2.75) is 70.3 Å². The van der Waals surface area contributed by atoms with Crippen LogP contribution in [-0.4, -0.2) is 67.2 Å². The molecule has 3 aliphatic heterocycles. The van der Waals surface area contributed by atoms with Crippen LogP contribution in [0.15, 0.2) is 18.2 Å². The standard InChI is InChI=1S/C25H36FN3O3/c1-3-5-6-23(30)29-18-25(21-17-19(26)7-8-22(21)29)11-15-27(16-12-25)20-9-13-28(14-10-20)24(31)32-4-2/h7-8,17,20H,3-6,9-16,18H2,1-2H3. The first-order valence-electron chi connectivity index (χ1n) is 12.2. The van der Waals surface area contributed by atoms with E-state index in [2.05, 4.69) is 11.8 Å². The van der Waals surface area contributed by atoms with Gasteiger partial charge in [-0.05, 0) is 75.9 Å². The minimum atomic E-state index is -0.222. The van der Waals surface area contributed by atoms with E-state index >= 15 is 0 Å². The third-order valence-electron chi connectivity index (χ3n) is 7.59. The van der Waals surface area contributed by atoms with Crippen LogP contribution in [0.5, 0.6) is 0 Å². The topological polar surface area (TPSA) is 53.1 Å². The van der Waals surface area contributed by atoms with Gasteiger partial charge in [0, 0.05) is 43.2 Å². The first-order valence-corrected chi connectivity index (χ1v) is 12.2. The summed E-state index contributed by atoms with van der Waals surface area (Å²) in [5.74, 6) is -0.0647. The first-order chi connectivity index (χ1) is 15.5. The Bertz CT molecular complexity index is 830. The first kappa shape index (κ1) is 23.0. The fourth-order valence-electron chi connectivity index (χ4n) is 5.70. The third-order valence-corrected chi connectivity index (χ3v) is 7.59. The highest BCUT2D eigenvalue weighted by atomic mass is 19.1. The van der Waals surface area contributed by atoms with Crippen molar-refractivity contribution >= 4 is 17.7 Å². The molecule has 0 bridgehead atoms. The van der Waals surface area contributed by atoms with Crippen molar-refractivity contribution in [3.63, 3.8) is 0 Å². The second kappa shape index (κ2) is 9.77. The van der Waals surface area contributed by atoms with Crippen molar-refractivity contribution in [1.82, 2.24) is 9.80 Å². The normalized spacial score (nSPS) is 21.1. The molecule has 0 aromatic heterocycles. The van der Waals surface area contributed by atoms with Gasteiger partial charge in [-0.1, -0.05) is 13.3 Å². The molecule has 3 aliphatic rings. The number of unbranched alkanes of at least 4 members (excludes halogenated alkanes) is 1. The summed E-state index contributed by atoms with van der Waals surface area (Å²) in [6.07, 6.45) is 5.99. The number of halogens is 1. The molecule has 0 N–H and O–H groups in total. The summed E-state index contributed by atoms with van der Waals surface area (Å²) in [5, 5.41) is 0. The van der Waals surface area contributed by atoms with Gasteiger partial charge in [0.2, 0.25) is 5.91 Å². The monoisotopic (exact) mass is 445 g/mol. The molecule has 0 unspecified atom stereocenters. The number of rotatable bonds is 5. The second-order valence-electron chi connectivity index (χ2n) is 9.48. The molecular weight excluding hydrogens is 409 g/mol. The molecule has 176 valence electrons. The van der Waals surface area contributed by atoms with Crippen molar-refractivity contribution in [3.05, 3.63) is 29.6 Å². The fraction of sp³-hybridized carbons (Fsp3) is 0.680. The summed E-state index contributed by atoms with van der Waals surface area (Å²) < 4.78 is 19.3. The molecule has 6 nitrogen and oxygen atoms in total. The predicted octanol–water partition coefficient (Wildman–Crippen LogP) is 4.32. The van der Waals surface area contributed by atoms with Crippen molar-refractivity contribution < 1.29 is 18.7 Å². The van der Waals surface area contributed by atoms with Gasteiger partial charge >= 0.3 is 6.09 Å². The number of likely N-dealkylation sites (tertiary alicyclic amines) is 2. The van der Waals surface area contributed by atoms with Gasteiger partial charge in [-0.3, -0.25) is 4.79 Å².